The van der Waals surface area contributed by atoms with Crippen LogP contribution < -0.4 is 10.2 Å². The Balaban J connectivity index is 1.92. The summed E-state index contributed by atoms with van der Waals surface area (Å²) in [5.74, 6) is 0.258. The highest BCUT2D eigenvalue weighted by Gasteiger charge is 2.15. The van der Waals surface area contributed by atoms with Crippen molar-refractivity contribution in [3.05, 3.63) is 63.6 Å². The summed E-state index contributed by atoms with van der Waals surface area (Å²) < 4.78 is 5.62. The molecule has 2 rings (SSSR count). The van der Waals surface area contributed by atoms with Crippen molar-refractivity contribution >= 4 is 35.3 Å². The van der Waals surface area contributed by atoms with E-state index in [1.54, 1.807) is 43.3 Å². The molecule has 0 saturated heterocycles. The van der Waals surface area contributed by atoms with E-state index in [-0.39, 0.29) is 5.91 Å². The fourth-order valence-electron chi connectivity index (χ4n) is 1.84. The van der Waals surface area contributed by atoms with Crippen LogP contribution in [0.3, 0.4) is 0 Å². The molecule has 0 radical (unpaired) electrons. The van der Waals surface area contributed by atoms with E-state index < -0.39 is 6.10 Å². The maximum atomic E-state index is 12.0. The highest BCUT2D eigenvalue weighted by Crippen LogP contribution is 2.22. The molecule has 0 fully saturated rings. The number of hydrogen-bond donors (Lipinski definition) is 1. The van der Waals surface area contributed by atoms with Crippen molar-refractivity contribution in [3.63, 3.8) is 0 Å². The van der Waals surface area contributed by atoms with Gasteiger partial charge in [0.25, 0.3) is 5.91 Å². The number of carbonyl (C=O) groups is 1. The Morgan fingerprint density at radius 2 is 1.96 bits per heavy atom. The second-order valence-electron chi connectivity index (χ2n) is 4.96. The molecule has 1 amide bonds. The zero-order chi connectivity index (χ0) is 16.8. The van der Waals surface area contributed by atoms with Crippen LogP contribution in [0.5, 0.6) is 5.75 Å². The first-order valence-electron chi connectivity index (χ1n) is 6.97. The molecule has 1 N–H and O–H groups in total. The predicted octanol–water partition coefficient (Wildman–Crippen LogP) is 4.22. The van der Waals surface area contributed by atoms with Crippen molar-refractivity contribution in [2.24, 2.45) is 5.10 Å². The monoisotopic (exact) mass is 350 g/mol. The van der Waals surface area contributed by atoms with Crippen LogP contribution >= 0.6 is 23.2 Å². The van der Waals surface area contributed by atoms with Crippen molar-refractivity contribution in [1.29, 1.82) is 0 Å². The fourth-order valence-corrected chi connectivity index (χ4v) is 2.26. The van der Waals surface area contributed by atoms with Crippen LogP contribution in [0.4, 0.5) is 0 Å². The number of hydrogen-bond acceptors (Lipinski definition) is 3. The van der Waals surface area contributed by atoms with Crippen LogP contribution in [0.15, 0.2) is 47.6 Å². The predicted molar refractivity (Wildman–Crippen MR) is 93.5 cm³/mol. The molecule has 0 heterocycles. The van der Waals surface area contributed by atoms with Gasteiger partial charge in [-0.1, -0.05) is 35.3 Å². The summed E-state index contributed by atoms with van der Waals surface area (Å²) in [4.78, 5) is 12.0. The molecule has 0 aliphatic rings. The number of nitrogens with one attached hydrogen (secondary N) is 1. The van der Waals surface area contributed by atoms with Crippen molar-refractivity contribution in [1.82, 2.24) is 5.43 Å². The molecule has 4 nitrogen and oxygen atoms in total. The Morgan fingerprint density at radius 1 is 1.22 bits per heavy atom. The molecule has 23 heavy (non-hydrogen) atoms. The molecule has 0 aromatic heterocycles. The lowest BCUT2D eigenvalue weighted by atomic mass is 10.2. The Morgan fingerprint density at radius 3 is 2.65 bits per heavy atom. The fraction of sp³-hybridized carbons (Fsp3) is 0.176. The van der Waals surface area contributed by atoms with Crippen molar-refractivity contribution < 1.29 is 9.53 Å². The van der Waals surface area contributed by atoms with Crippen LogP contribution in [0.2, 0.25) is 10.0 Å². The number of nitrogens with zero attached hydrogens (tertiary/aromatic N) is 1. The molecule has 0 aliphatic heterocycles. The van der Waals surface area contributed by atoms with Crippen LogP contribution in [-0.2, 0) is 4.79 Å². The molecule has 0 saturated carbocycles. The molecule has 1 unspecified atom stereocenters. The second kappa shape index (κ2) is 7.99. The summed E-state index contributed by atoms with van der Waals surface area (Å²) in [6.07, 6.45) is 0.829. The van der Waals surface area contributed by atoms with Crippen molar-refractivity contribution in [2.75, 3.05) is 0 Å². The van der Waals surface area contributed by atoms with Gasteiger partial charge in [-0.25, -0.2) is 5.43 Å². The first kappa shape index (κ1) is 17.3. The summed E-state index contributed by atoms with van der Waals surface area (Å²) >= 11 is 11.8. The zero-order valence-corrected chi connectivity index (χ0v) is 14.2. The number of halogens is 2. The minimum absolute atomic E-state index is 0.349. The largest absolute Gasteiger partial charge is 0.481 e. The van der Waals surface area contributed by atoms with Gasteiger partial charge in [0.15, 0.2) is 6.10 Å². The van der Waals surface area contributed by atoms with Gasteiger partial charge in [0.2, 0.25) is 0 Å². The highest BCUT2D eigenvalue weighted by atomic mass is 35.5. The first-order valence-corrected chi connectivity index (χ1v) is 7.72. The van der Waals surface area contributed by atoms with E-state index in [9.17, 15) is 4.79 Å². The molecule has 0 bridgehead atoms. The summed E-state index contributed by atoms with van der Waals surface area (Å²) in [5.41, 5.74) is 4.09. The van der Waals surface area contributed by atoms with Gasteiger partial charge in [-0.3, -0.25) is 4.79 Å². The summed E-state index contributed by atoms with van der Waals surface area (Å²) in [7, 11) is 0. The van der Waals surface area contributed by atoms with Gasteiger partial charge in [-0.15, -0.1) is 0 Å². The van der Waals surface area contributed by atoms with E-state index in [0.717, 1.165) is 11.1 Å². The molecule has 0 aliphatic carbocycles. The van der Waals surface area contributed by atoms with E-state index in [1.807, 2.05) is 13.0 Å². The number of carbonyl (C=O) groups excluding carboxylic acids is 1. The van der Waals surface area contributed by atoms with Crippen LogP contribution in [0.1, 0.15) is 18.1 Å². The SMILES string of the molecule is Cc1cc(Cl)ccc1OC(C)C(=O)N/N=C/c1cccc(Cl)c1. The number of benzene rings is 2. The number of rotatable bonds is 5. The molecule has 120 valence electrons. The smallest absolute Gasteiger partial charge is 0.280 e. The Hall–Kier alpha value is -2.04. The molecular formula is C17H16Cl2N2O2. The van der Waals surface area contributed by atoms with Gasteiger partial charge in [-0.2, -0.15) is 5.10 Å². The molecular weight excluding hydrogens is 335 g/mol. The third-order valence-corrected chi connectivity index (χ3v) is 3.52. The lowest BCUT2D eigenvalue weighted by Gasteiger charge is -2.14. The van der Waals surface area contributed by atoms with Crippen LogP contribution in [0, 0.1) is 6.92 Å². The molecule has 2 aromatic carbocycles. The number of hydrazone groups is 1. The highest BCUT2D eigenvalue weighted by molar-refractivity contribution is 6.31. The van der Waals surface area contributed by atoms with E-state index >= 15 is 0 Å². The van der Waals surface area contributed by atoms with E-state index in [0.29, 0.717) is 15.8 Å². The van der Waals surface area contributed by atoms with Gasteiger partial charge < -0.3 is 4.74 Å². The topological polar surface area (TPSA) is 50.7 Å². The maximum absolute atomic E-state index is 12.0. The van der Waals surface area contributed by atoms with Crippen molar-refractivity contribution in [2.45, 2.75) is 20.0 Å². The van der Waals surface area contributed by atoms with Gasteiger partial charge in [0, 0.05) is 10.0 Å². The number of aryl methyl sites for hydroxylation is 1. The van der Waals surface area contributed by atoms with Crippen LogP contribution in [0.25, 0.3) is 0 Å². The standard InChI is InChI=1S/C17H16Cl2N2O2/c1-11-8-15(19)6-7-16(11)23-12(2)17(22)21-20-10-13-4-3-5-14(18)9-13/h3-10,12H,1-2H3,(H,21,22)/b20-10+. The summed E-state index contributed by atoms with van der Waals surface area (Å²) in [6, 6.07) is 12.4. The van der Waals surface area contributed by atoms with Gasteiger partial charge in [0.1, 0.15) is 5.75 Å². The minimum Gasteiger partial charge on any atom is -0.481 e. The quantitative estimate of drug-likeness (QED) is 0.648. The van der Waals surface area contributed by atoms with Gasteiger partial charge >= 0.3 is 0 Å². The lowest BCUT2D eigenvalue weighted by Crippen LogP contribution is -2.33. The summed E-state index contributed by atoms with van der Waals surface area (Å²) in [5, 5.41) is 5.13. The molecule has 1 atom stereocenters. The number of amides is 1. The van der Waals surface area contributed by atoms with E-state index in [1.165, 1.54) is 6.21 Å². The third-order valence-electron chi connectivity index (χ3n) is 3.05. The average Bonchev–Trinajstić information content (AvgIpc) is 2.50. The van der Waals surface area contributed by atoms with Crippen LogP contribution in [-0.4, -0.2) is 18.2 Å². The normalized spacial score (nSPS) is 12.2. The first-order chi connectivity index (χ1) is 11.0. The maximum Gasteiger partial charge on any atom is 0.280 e. The second-order valence-corrected chi connectivity index (χ2v) is 5.83. The molecule has 0 spiro atoms. The zero-order valence-electron chi connectivity index (χ0n) is 12.7. The molecule has 6 heteroatoms. The Kier molecular flexibility index (Phi) is 6.02. The lowest BCUT2D eigenvalue weighted by molar-refractivity contribution is -0.127. The Bertz CT molecular complexity index is 732. The Labute approximate surface area is 145 Å². The van der Waals surface area contributed by atoms with Gasteiger partial charge in [-0.05, 0) is 55.3 Å². The van der Waals surface area contributed by atoms with Crippen molar-refractivity contribution in [3.8, 4) is 5.75 Å². The van der Waals surface area contributed by atoms with Gasteiger partial charge in [0.05, 0.1) is 6.21 Å². The number of ether oxygens (including phenoxy) is 1. The summed E-state index contributed by atoms with van der Waals surface area (Å²) in [6.45, 7) is 3.52. The third kappa shape index (κ3) is 5.27. The minimum atomic E-state index is -0.689. The van der Waals surface area contributed by atoms with E-state index in [2.05, 4.69) is 10.5 Å². The molecule has 2 aromatic rings. The van der Waals surface area contributed by atoms with E-state index in [4.69, 9.17) is 27.9 Å². The average molecular weight is 351 g/mol.